The largest absolute Gasteiger partial charge is 0.385 e. The lowest BCUT2D eigenvalue weighted by atomic mass is 10.5. The monoisotopic (exact) mass is 116 g/mol. The molecule has 0 aliphatic rings. The van der Waals surface area contributed by atoms with E-state index < -0.39 is 0 Å². The zero-order valence-electron chi connectivity index (χ0n) is 5.22. The summed E-state index contributed by atoms with van der Waals surface area (Å²) in [6, 6.07) is 0. The Labute approximate surface area is 50.8 Å². The van der Waals surface area contributed by atoms with Crippen LogP contribution >= 0.6 is 0 Å². The van der Waals surface area contributed by atoms with Crippen LogP contribution in [0.5, 0.6) is 0 Å². The summed E-state index contributed by atoms with van der Waals surface area (Å²) in [5.74, 6) is 0. The molecule has 0 amide bonds. The second-order valence-corrected chi connectivity index (χ2v) is 1.42. The Hall–Kier alpha value is -0.0800. The quantitative estimate of drug-likeness (QED) is 0.493. The normalized spacial score (nSPS) is 9.75. The maximum absolute atomic E-state index is 5.05. The third-order valence-corrected chi connectivity index (χ3v) is 0.755. The summed E-state index contributed by atoms with van der Waals surface area (Å²) >= 11 is 0. The lowest BCUT2D eigenvalue weighted by Gasteiger charge is -1.97. The van der Waals surface area contributed by atoms with Crippen LogP contribution in [0, 0.1) is 6.92 Å². The Morgan fingerprint density at radius 1 is 1.38 bits per heavy atom. The van der Waals surface area contributed by atoms with Crippen LogP contribution in [-0.2, 0) is 9.47 Å². The van der Waals surface area contributed by atoms with E-state index in [-0.39, 0.29) is 0 Å². The molecule has 0 aromatic carbocycles. The third-order valence-electron chi connectivity index (χ3n) is 0.755. The maximum Gasteiger partial charge on any atom is 0.0501 e. The first kappa shape index (κ1) is 7.92. The van der Waals surface area contributed by atoms with Crippen LogP contribution in [0.4, 0.5) is 0 Å². The molecule has 0 aliphatic carbocycles. The van der Waals surface area contributed by atoms with Gasteiger partial charge >= 0.3 is 0 Å². The van der Waals surface area contributed by atoms with E-state index in [1.165, 1.54) is 0 Å². The molecule has 0 aromatic rings. The van der Waals surface area contributed by atoms with Crippen molar-refractivity contribution in [2.24, 2.45) is 0 Å². The lowest BCUT2D eigenvalue weighted by Crippen LogP contribution is -1.97. The fourth-order valence-corrected chi connectivity index (χ4v) is 0.389. The van der Waals surface area contributed by atoms with Crippen LogP contribution in [0.3, 0.4) is 0 Å². The van der Waals surface area contributed by atoms with Gasteiger partial charge in [-0.25, -0.2) is 0 Å². The molecule has 0 saturated heterocycles. The Balaban J connectivity index is 2.53. The molecular weight excluding hydrogens is 104 g/mol. The fourth-order valence-electron chi connectivity index (χ4n) is 0.389. The molecule has 0 rings (SSSR count). The molecule has 0 atom stereocenters. The van der Waals surface area contributed by atoms with Crippen molar-refractivity contribution in [2.45, 2.75) is 6.42 Å². The van der Waals surface area contributed by atoms with E-state index in [0.29, 0.717) is 13.2 Å². The predicted molar refractivity (Wildman–Crippen MR) is 31.6 cm³/mol. The average molecular weight is 116 g/mol. The van der Waals surface area contributed by atoms with Crippen molar-refractivity contribution in [3.8, 4) is 0 Å². The van der Waals surface area contributed by atoms with E-state index in [9.17, 15) is 0 Å². The Morgan fingerprint density at radius 2 is 2.12 bits per heavy atom. The number of hydrogen-bond donors (Lipinski definition) is 0. The summed E-state index contributed by atoms with van der Waals surface area (Å²) in [5, 5.41) is 0. The summed E-state index contributed by atoms with van der Waals surface area (Å²) in [5.41, 5.74) is 0. The van der Waals surface area contributed by atoms with Gasteiger partial charge in [0.2, 0.25) is 0 Å². The zero-order chi connectivity index (χ0) is 6.24. The lowest BCUT2D eigenvalue weighted by molar-refractivity contribution is 0.119. The van der Waals surface area contributed by atoms with Gasteiger partial charge in [-0.2, -0.15) is 0 Å². The summed E-state index contributed by atoms with van der Waals surface area (Å²) in [4.78, 5) is 0. The molecule has 0 aliphatic heterocycles. The fraction of sp³-hybridized carbons (Fsp3) is 0.833. The van der Waals surface area contributed by atoms with Crippen molar-refractivity contribution < 1.29 is 9.47 Å². The molecule has 0 unspecified atom stereocenters. The van der Waals surface area contributed by atoms with Crippen molar-refractivity contribution in [3.63, 3.8) is 0 Å². The first-order chi connectivity index (χ1) is 3.91. The second kappa shape index (κ2) is 6.92. The van der Waals surface area contributed by atoms with Gasteiger partial charge in [0, 0.05) is 20.3 Å². The van der Waals surface area contributed by atoms with E-state index >= 15 is 0 Å². The van der Waals surface area contributed by atoms with Gasteiger partial charge < -0.3 is 9.47 Å². The van der Waals surface area contributed by atoms with Gasteiger partial charge in [0.1, 0.15) is 0 Å². The number of rotatable bonds is 5. The minimum atomic E-state index is 0.309. The van der Waals surface area contributed by atoms with Crippen LogP contribution in [0.15, 0.2) is 0 Å². The highest BCUT2D eigenvalue weighted by atomic mass is 16.5. The van der Waals surface area contributed by atoms with E-state index in [2.05, 4.69) is 0 Å². The van der Waals surface area contributed by atoms with Crippen LogP contribution in [0.2, 0.25) is 0 Å². The Bertz CT molecular complexity index is 31.5. The first-order valence-electron chi connectivity index (χ1n) is 2.68. The molecule has 0 saturated carbocycles. The highest BCUT2D eigenvalue weighted by Crippen LogP contribution is 1.80. The molecule has 48 valence electrons. The molecular formula is C6H12O2. The maximum atomic E-state index is 5.05. The molecule has 0 fully saturated rings. The molecule has 2 heteroatoms. The van der Waals surface area contributed by atoms with Crippen molar-refractivity contribution in [1.29, 1.82) is 0 Å². The SMILES string of the molecule is [CH]COCCCOC. The molecule has 8 heavy (non-hydrogen) atoms. The van der Waals surface area contributed by atoms with Gasteiger partial charge in [0.05, 0.1) is 6.61 Å². The van der Waals surface area contributed by atoms with Crippen molar-refractivity contribution in [1.82, 2.24) is 0 Å². The van der Waals surface area contributed by atoms with E-state index in [1.54, 1.807) is 7.11 Å². The second-order valence-electron chi connectivity index (χ2n) is 1.42. The van der Waals surface area contributed by atoms with Crippen LogP contribution < -0.4 is 0 Å². The highest BCUT2D eigenvalue weighted by Gasteiger charge is 1.82. The van der Waals surface area contributed by atoms with Gasteiger partial charge in [-0.1, -0.05) is 0 Å². The van der Waals surface area contributed by atoms with Gasteiger partial charge in [0.25, 0.3) is 0 Å². The van der Waals surface area contributed by atoms with E-state index in [4.69, 9.17) is 16.4 Å². The van der Waals surface area contributed by atoms with Crippen molar-refractivity contribution >= 4 is 0 Å². The van der Waals surface area contributed by atoms with Gasteiger partial charge in [0.15, 0.2) is 0 Å². The average Bonchev–Trinajstić information content (AvgIpc) is 1.81. The molecule has 2 nitrogen and oxygen atoms in total. The van der Waals surface area contributed by atoms with Crippen LogP contribution in [-0.4, -0.2) is 26.9 Å². The van der Waals surface area contributed by atoms with E-state index in [1.807, 2.05) is 0 Å². The molecule has 0 heterocycles. The van der Waals surface area contributed by atoms with Gasteiger partial charge in [-0.15, -0.1) is 0 Å². The molecule has 0 spiro atoms. The smallest absolute Gasteiger partial charge is 0.0501 e. The molecule has 0 N–H and O–H groups in total. The predicted octanol–water partition coefficient (Wildman–Crippen LogP) is 0.751. The summed E-state index contributed by atoms with van der Waals surface area (Å²) in [6.07, 6.45) is 0.924. The van der Waals surface area contributed by atoms with Crippen molar-refractivity contribution in [3.05, 3.63) is 6.92 Å². The highest BCUT2D eigenvalue weighted by molar-refractivity contribution is 4.34. The Kier molecular flexibility index (Phi) is 6.85. The molecule has 0 bridgehead atoms. The zero-order valence-corrected chi connectivity index (χ0v) is 5.22. The third kappa shape index (κ3) is 5.92. The Morgan fingerprint density at radius 3 is 2.62 bits per heavy atom. The van der Waals surface area contributed by atoms with Crippen molar-refractivity contribution in [2.75, 3.05) is 26.9 Å². The first-order valence-corrected chi connectivity index (χ1v) is 2.68. The summed E-state index contributed by atoms with van der Waals surface area (Å²) in [7, 11) is 1.67. The molecule has 0 aromatic heterocycles. The number of methoxy groups -OCH3 is 1. The van der Waals surface area contributed by atoms with Crippen LogP contribution in [0.25, 0.3) is 0 Å². The standard InChI is InChI=1S/C6H12O2/c1-3-8-6-4-5-7-2/h1H,3-6H2,2H3. The van der Waals surface area contributed by atoms with Gasteiger partial charge in [-0.3, -0.25) is 0 Å². The minimum Gasteiger partial charge on any atom is -0.385 e. The molecule has 2 radical (unpaired) electrons. The number of hydrogen-bond acceptors (Lipinski definition) is 2. The topological polar surface area (TPSA) is 18.5 Å². The summed E-state index contributed by atoms with van der Waals surface area (Å²) < 4.78 is 9.60. The number of ether oxygens (including phenoxy) is 2. The summed E-state index contributed by atoms with van der Waals surface area (Å²) in [6.45, 7) is 6.81. The van der Waals surface area contributed by atoms with Crippen LogP contribution in [0.1, 0.15) is 6.42 Å². The van der Waals surface area contributed by atoms with E-state index in [0.717, 1.165) is 13.0 Å². The minimum absolute atomic E-state index is 0.309. The van der Waals surface area contributed by atoms with Gasteiger partial charge in [-0.05, 0) is 13.3 Å².